The summed E-state index contributed by atoms with van der Waals surface area (Å²) < 4.78 is 5.69. The fraction of sp³-hybridized carbons (Fsp3) is 0.714. The highest BCUT2D eigenvalue weighted by Crippen LogP contribution is 2.24. The van der Waals surface area contributed by atoms with E-state index >= 15 is 0 Å². The van der Waals surface area contributed by atoms with E-state index in [0.717, 1.165) is 11.5 Å². The second-order valence-corrected chi connectivity index (χ2v) is 5.34. The van der Waals surface area contributed by atoms with Crippen molar-refractivity contribution in [1.82, 2.24) is 4.90 Å². The molecule has 0 aromatic carbocycles. The maximum atomic E-state index is 5.88. The van der Waals surface area contributed by atoms with Gasteiger partial charge in [-0.25, -0.2) is 0 Å². The first-order valence-corrected chi connectivity index (χ1v) is 6.44. The van der Waals surface area contributed by atoms with Crippen LogP contribution in [0, 0.1) is 12.8 Å². The topological polar surface area (TPSA) is 42.4 Å². The third kappa shape index (κ3) is 3.86. The highest BCUT2D eigenvalue weighted by atomic mass is 16.3. The normalized spacial score (nSPS) is 15.5. The quantitative estimate of drug-likeness (QED) is 0.828. The first-order valence-electron chi connectivity index (χ1n) is 6.44. The summed E-state index contributed by atoms with van der Waals surface area (Å²) in [6.45, 7) is 9.30. The van der Waals surface area contributed by atoms with E-state index in [0.29, 0.717) is 18.5 Å². The van der Waals surface area contributed by atoms with E-state index in [4.69, 9.17) is 10.2 Å². The first kappa shape index (κ1) is 14.3. The molecule has 0 aliphatic rings. The van der Waals surface area contributed by atoms with Crippen LogP contribution >= 0.6 is 0 Å². The van der Waals surface area contributed by atoms with Gasteiger partial charge in [-0.3, -0.25) is 4.90 Å². The molecule has 1 aromatic rings. The summed E-state index contributed by atoms with van der Waals surface area (Å²) >= 11 is 0. The average Bonchev–Trinajstić information content (AvgIpc) is 2.64. The molecule has 0 radical (unpaired) electrons. The van der Waals surface area contributed by atoms with Crippen molar-refractivity contribution >= 4 is 0 Å². The van der Waals surface area contributed by atoms with E-state index in [1.807, 2.05) is 19.1 Å². The number of hydrogen-bond donors (Lipinski definition) is 1. The van der Waals surface area contributed by atoms with E-state index in [-0.39, 0.29) is 6.04 Å². The Labute approximate surface area is 105 Å². The molecule has 2 atom stereocenters. The Morgan fingerprint density at radius 1 is 1.29 bits per heavy atom. The number of aryl methyl sites for hydroxylation is 1. The molecule has 0 aliphatic heterocycles. The van der Waals surface area contributed by atoms with Gasteiger partial charge in [0.15, 0.2) is 0 Å². The van der Waals surface area contributed by atoms with Gasteiger partial charge in [0, 0.05) is 12.6 Å². The van der Waals surface area contributed by atoms with Crippen LogP contribution in [0.15, 0.2) is 16.5 Å². The second-order valence-electron chi connectivity index (χ2n) is 5.34. The summed E-state index contributed by atoms with van der Waals surface area (Å²) in [5.41, 5.74) is 5.88. The van der Waals surface area contributed by atoms with Gasteiger partial charge in [0.05, 0.1) is 6.04 Å². The predicted octanol–water partition coefficient (Wildman–Crippen LogP) is 2.95. The maximum absolute atomic E-state index is 5.88. The van der Waals surface area contributed by atoms with Crippen molar-refractivity contribution in [2.45, 2.75) is 46.2 Å². The summed E-state index contributed by atoms with van der Waals surface area (Å²) in [7, 11) is 2.13. The van der Waals surface area contributed by atoms with Crippen LogP contribution in [-0.4, -0.2) is 24.5 Å². The lowest BCUT2D eigenvalue weighted by atomic mass is 10.0. The van der Waals surface area contributed by atoms with Gasteiger partial charge in [0.1, 0.15) is 11.5 Å². The molecule has 3 nitrogen and oxygen atoms in total. The lowest BCUT2D eigenvalue weighted by molar-refractivity contribution is 0.150. The highest BCUT2D eigenvalue weighted by Gasteiger charge is 2.23. The summed E-state index contributed by atoms with van der Waals surface area (Å²) in [4.78, 5) is 2.32. The molecule has 0 amide bonds. The van der Waals surface area contributed by atoms with Gasteiger partial charge in [-0.2, -0.15) is 0 Å². The van der Waals surface area contributed by atoms with Crippen LogP contribution < -0.4 is 5.73 Å². The zero-order valence-electron chi connectivity index (χ0n) is 11.7. The monoisotopic (exact) mass is 238 g/mol. The van der Waals surface area contributed by atoms with Crippen molar-refractivity contribution in [3.63, 3.8) is 0 Å². The number of nitrogens with two attached hydrogens (primary N) is 1. The number of nitrogens with zero attached hydrogens (tertiary/aromatic N) is 1. The average molecular weight is 238 g/mol. The van der Waals surface area contributed by atoms with Gasteiger partial charge in [0.25, 0.3) is 0 Å². The van der Waals surface area contributed by atoms with E-state index in [1.165, 1.54) is 6.42 Å². The fourth-order valence-electron chi connectivity index (χ4n) is 2.27. The zero-order valence-corrected chi connectivity index (χ0v) is 11.7. The molecule has 2 N–H and O–H groups in total. The van der Waals surface area contributed by atoms with Crippen molar-refractivity contribution in [2.75, 3.05) is 13.6 Å². The van der Waals surface area contributed by atoms with E-state index < -0.39 is 0 Å². The standard InChI is InChI=1S/C14H26N2O/c1-10(2)8-11(3)16(5)13(9-15)14-7-6-12(4)17-14/h6-7,10-11,13H,8-9,15H2,1-5H3. The zero-order chi connectivity index (χ0) is 13.0. The molecule has 1 aromatic heterocycles. The van der Waals surface area contributed by atoms with Crippen LogP contribution in [0.3, 0.4) is 0 Å². The minimum absolute atomic E-state index is 0.178. The van der Waals surface area contributed by atoms with Crippen molar-refractivity contribution in [3.8, 4) is 0 Å². The number of rotatable bonds is 6. The SMILES string of the molecule is Cc1ccc(C(CN)N(C)C(C)CC(C)C)o1. The summed E-state index contributed by atoms with van der Waals surface area (Å²) in [6, 6.07) is 4.72. The summed E-state index contributed by atoms with van der Waals surface area (Å²) in [6.07, 6.45) is 1.17. The molecule has 1 heterocycles. The van der Waals surface area contributed by atoms with Crippen molar-refractivity contribution in [3.05, 3.63) is 23.7 Å². The molecule has 0 saturated carbocycles. The Balaban J connectivity index is 2.73. The Kier molecular flexibility index (Phi) is 5.22. The molecule has 0 fully saturated rings. The second kappa shape index (κ2) is 6.22. The maximum Gasteiger partial charge on any atom is 0.122 e. The molecule has 98 valence electrons. The van der Waals surface area contributed by atoms with Crippen molar-refractivity contribution in [1.29, 1.82) is 0 Å². The van der Waals surface area contributed by atoms with E-state index in [2.05, 4.69) is 32.7 Å². The molecule has 0 aliphatic carbocycles. The highest BCUT2D eigenvalue weighted by molar-refractivity contribution is 5.10. The lowest BCUT2D eigenvalue weighted by Gasteiger charge is -2.32. The summed E-state index contributed by atoms with van der Waals surface area (Å²) in [5, 5.41) is 0. The molecular weight excluding hydrogens is 212 g/mol. The predicted molar refractivity (Wildman–Crippen MR) is 71.9 cm³/mol. The fourth-order valence-corrected chi connectivity index (χ4v) is 2.27. The van der Waals surface area contributed by atoms with Crippen LogP contribution in [-0.2, 0) is 0 Å². The van der Waals surface area contributed by atoms with Gasteiger partial charge in [0.2, 0.25) is 0 Å². The van der Waals surface area contributed by atoms with E-state index in [1.54, 1.807) is 0 Å². The minimum atomic E-state index is 0.178. The van der Waals surface area contributed by atoms with Crippen LogP contribution in [0.1, 0.15) is 44.8 Å². The number of likely N-dealkylation sites (N-methyl/N-ethyl adjacent to an activating group) is 1. The number of hydrogen-bond acceptors (Lipinski definition) is 3. The van der Waals surface area contributed by atoms with Crippen LogP contribution in [0.4, 0.5) is 0 Å². The first-order chi connectivity index (χ1) is 7.95. The largest absolute Gasteiger partial charge is 0.465 e. The molecule has 3 heteroatoms. The van der Waals surface area contributed by atoms with Crippen LogP contribution in [0.2, 0.25) is 0 Å². The summed E-state index contributed by atoms with van der Waals surface area (Å²) in [5.74, 6) is 2.62. The molecule has 17 heavy (non-hydrogen) atoms. The van der Waals surface area contributed by atoms with Crippen LogP contribution in [0.5, 0.6) is 0 Å². The molecule has 1 rings (SSSR count). The van der Waals surface area contributed by atoms with Gasteiger partial charge in [-0.05, 0) is 45.4 Å². The molecule has 2 unspecified atom stereocenters. The third-order valence-electron chi connectivity index (χ3n) is 3.31. The van der Waals surface area contributed by atoms with Crippen molar-refractivity contribution in [2.24, 2.45) is 11.7 Å². The molecule has 0 bridgehead atoms. The number of furan rings is 1. The molecule has 0 saturated heterocycles. The minimum Gasteiger partial charge on any atom is -0.465 e. The van der Waals surface area contributed by atoms with Gasteiger partial charge < -0.3 is 10.2 Å². The molecular formula is C14H26N2O. The Hall–Kier alpha value is -0.800. The van der Waals surface area contributed by atoms with Gasteiger partial charge in [-0.15, -0.1) is 0 Å². The third-order valence-corrected chi connectivity index (χ3v) is 3.31. The van der Waals surface area contributed by atoms with Gasteiger partial charge >= 0.3 is 0 Å². The Morgan fingerprint density at radius 3 is 2.35 bits per heavy atom. The molecule has 0 spiro atoms. The smallest absolute Gasteiger partial charge is 0.122 e. The lowest BCUT2D eigenvalue weighted by Crippen LogP contribution is -2.37. The van der Waals surface area contributed by atoms with Gasteiger partial charge in [-0.1, -0.05) is 13.8 Å². The van der Waals surface area contributed by atoms with Crippen LogP contribution in [0.25, 0.3) is 0 Å². The Morgan fingerprint density at radius 2 is 1.94 bits per heavy atom. The Bertz CT molecular complexity index is 333. The van der Waals surface area contributed by atoms with Crippen molar-refractivity contribution < 1.29 is 4.42 Å². The van der Waals surface area contributed by atoms with E-state index in [9.17, 15) is 0 Å².